The van der Waals surface area contributed by atoms with Crippen molar-refractivity contribution in [2.45, 2.75) is 38.8 Å². The first kappa shape index (κ1) is 13.2. The third-order valence-corrected chi connectivity index (χ3v) is 3.16. The van der Waals surface area contributed by atoms with E-state index in [2.05, 4.69) is 50.1 Å². The van der Waals surface area contributed by atoms with Crippen molar-refractivity contribution >= 4 is 0 Å². The van der Waals surface area contributed by atoms with Gasteiger partial charge in [0, 0.05) is 12.1 Å². The van der Waals surface area contributed by atoms with E-state index in [9.17, 15) is 0 Å². The van der Waals surface area contributed by atoms with E-state index in [1.54, 1.807) is 0 Å². The number of hydrogen-bond acceptors (Lipinski definition) is 2. The number of rotatable bonds is 6. The van der Waals surface area contributed by atoms with Gasteiger partial charge in [0.1, 0.15) is 0 Å². The molecule has 90 valence electrons. The quantitative estimate of drug-likeness (QED) is 0.798. The Balaban J connectivity index is 2.73. The van der Waals surface area contributed by atoms with Gasteiger partial charge < -0.3 is 10.6 Å². The molecule has 1 rings (SSSR count). The fraction of sp³-hybridized carbons (Fsp3) is 0.571. The van der Waals surface area contributed by atoms with Gasteiger partial charge in [-0.25, -0.2) is 0 Å². The van der Waals surface area contributed by atoms with Gasteiger partial charge in [-0.3, -0.25) is 0 Å². The van der Waals surface area contributed by atoms with Crippen LogP contribution in [-0.2, 0) is 0 Å². The second-order valence-corrected chi connectivity index (χ2v) is 4.39. The Bertz CT molecular complexity index is 284. The van der Waals surface area contributed by atoms with Gasteiger partial charge in [-0.05, 0) is 32.0 Å². The molecule has 0 fully saturated rings. The molecule has 0 saturated carbocycles. The van der Waals surface area contributed by atoms with Crippen molar-refractivity contribution in [1.29, 1.82) is 0 Å². The lowest BCUT2D eigenvalue weighted by Crippen LogP contribution is -2.40. The number of hydrogen-bond donors (Lipinski definition) is 1. The summed E-state index contributed by atoms with van der Waals surface area (Å²) < 4.78 is 0. The molecule has 0 bridgehead atoms. The minimum absolute atomic E-state index is 0.114. The number of likely N-dealkylation sites (N-methyl/N-ethyl adjacent to an activating group) is 1. The van der Waals surface area contributed by atoms with Crippen molar-refractivity contribution in [3.8, 4) is 0 Å². The van der Waals surface area contributed by atoms with Crippen molar-refractivity contribution in [3.63, 3.8) is 0 Å². The van der Waals surface area contributed by atoms with Gasteiger partial charge >= 0.3 is 0 Å². The molecule has 2 unspecified atom stereocenters. The Morgan fingerprint density at radius 3 is 2.31 bits per heavy atom. The predicted octanol–water partition coefficient (Wildman–Crippen LogP) is 2.81. The van der Waals surface area contributed by atoms with Crippen LogP contribution in [0.5, 0.6) is 0 Å². The van der Waals surface area contributed by atoms with Crippen LogP contribution >= 0.6 is 0 Å². The van der Waals surface area contributed by atoms with Gasteiger partial charge in [-0.15, -0.1) is 0 Å². The van der Waals surface area contributed by atoms with E-state index in [1.165, 1.54) is 12.0 Å². The summed E-state index contributed by atoms with van der Waals surface area (Å²) in [5.41, 5.74) is 7.57. The zero-order valence-corrected chi connectivity index (χ0v) is 10.7. The molecule has 0 heterocycles. The maximum atomic E-state index is 6.34. The fourth-order valence-corrected chi connectivity index (χ4v) is 2.26. The fourth-order valence-electron chi connectivity index (χ4n) is 2.26. The predicted molar refractivity (Wildman–Crippen MR) is 70.4 cm³/mol. The molecule has 0 spiro atoms. The molecule has 16 heavy (non-hydrogen) atoms. The smallest absolute Gasteiger partial charge is 0.0452 e. The normalized spacial score (nSPS) is 15.1. The zero-order chi connectivity index (χ0) is 12.0. The largest absolute Gasteiger partial charge is 0.323 e. The molecule has 0 radical (unpaired) electrons. The topological polar surface area (TPSA) is 29.3 Å². The van der Waals surface area contributed by atoms with Crippen LogP contribution in [0.25, 0.3) is 0 Å². The van der Waals surface area contributed by atoms with Crippen LogP contribution in [0.15, 0.2) is 30.3 Å². The molecule has 2 atom stereocenters. The standard InChI is InChI=1S/C14H24N2/c1-4-11-16(3)13(5-2)14(15)12-9-7-6-8-10-12/h6-10,13-14H,4-5,11,15H2,1-3H3. The molecule has 2 nitrogen and oxygen atoms in total. The molecular weight excluding hydrogens is 196 g/mol. The molecule has 0 saturated heterocycles. The summed E-state index contributed by atoms with van der Waals surface area (Å²) in [7, 11) is 2.17. The average Bonchev–Trinajstić information content (AvgIpc) is 2.31. The maximum absolute atomic E-state index is 6.34. The van der Waals surface area contributed by atoms with E-state index < -0.39 is 0 Å². The van der Waals surface area contributed by atoms with Gasteiger partial charge in [-0.2, -0.15) is 0 Å². The molecule has 0 aliphatic carbocycles. The molecule has 1 aromatic rings. The molecule has 0 aromatic heterocycles. The summed E-state index contributed by atoms with van der Waals surface area (Å²) in [5.74, 6) is 0. The van der Waals surface area contributed by atoms with Crippen LogP contribution < -0.4 is 5.73 Å². The third-order valence-electron chi connectivity index (χ3n) is 3.16. The Hall–Kier alpha value is -0.860. The third kappa shape index (κ3) is 3.32. The van der Waals surface area contributed by atoms with E-state index >= 15 is 0 Å². The highest BCUT2D eigenvalue weighted by molar-refractivity contribution is 5.20. The van der Waals surface area contributed by atoms with Crippen LogP contribution in [0.2, 0.25) is 0 Å². The van der Waals surface area contributed by atoms with Crippen LogP contribution in [0.3, 0.4) is 0 Å². The lowest BCUT2D eigenvalue weighted by molar-refractivity contribution is 0.205. The zero-order valence-electron chi connectivity index (χ0n) is 10.7. The first-order valence-electron chi connectivity index (χ1n) is 6.21. The van der Waals surface area contributed by atoms with Crippen LogP contribution in [-0.4, -0.2) is 24.5 Å². The lowest BCUT2D eigenvalue weighted by atomic mass is 9.97. The van der Waals surface area contributed by atoms with E-state index in [1.807, 2.05) is 6.07 Å². The van der Waals surface area contributed by atoms with Gasteiger partial charge in [0.05, 0.1) is 0 Å². The van der Waals surface area contributed by atoms with E-state index in [-0.39, 0.29) is 6.04 Å². The Labute approximate surface area is 99.5 Å². The Kier molecular flexibility index (Phi) is 5.50. The Morgan fingerprint density at radius 2 is 1.81 bits per heavy atom. The average molecular weight is 220 g/mol. The first-order valence-corrected chi connectivity index (χ1v) is 6.21. The first-order chi connectivity index (χ1) is 7.70. The van der Waals surface area contributed by atoms with Crippen LogP contribution in [0.1, 0.15) is 38.3 Å². The summed E-state index contributed by atoms with van der Waals surface area (Å²) >= 11 is 0. The Morgan fingerprint density at radius 1 is 1.19 bits per heavy atom. The molecule has 0 amide bonds. The van der Waals surface area contributed by atoms with Gasteiger partial charge in [0.25, 0.3) is 0 Å². The summed E-state index contributed by atoms with van der Waals surface area (Å²) in [6, 6.07) is 10.9. The summed E-state index contributed by atoms with van der Waals surface area (Å²) in [4.78, 5) is 2.37. The van der Waals surface area contributed by atoms with Crippen molar-refractivity contribution in [2.75, 3.05) is 13.6 Å². The van der Waals surface area contributed by atoms with Crippen molar-refractivity contribution < 1.29 is 0 Å². The number of benzene rings is 1. The second-order valence-electron chi connectivity index (χ2n) is 4.39. The minimum Gasteiger partial charge on any atom is -0.323 e. The van der Waals surface area contributed by atoms with Crippen molar-refractivity contribution in [1.82, 2.24) is 4.90 Å². The van der Waals surface area contributed by atoms with E-state index in [0.29, 0.717) is 6.04 Å². The highest BCUT2D eigenvalue weighted by atomic mass is 15.1. The molecule has 2 N–H and O–H groups in total. The van der Waals surface area contributed by atoms with Crippen LogP contribution in [0.4, 0.5) is 0 Å². The van der Waals surface area contributed by atoms with Gasteiger partial charge in [0.15, 0.2) is 0 Å². The van der Waals surface area contributed by atoms with Crippen molar-refractivity contribution in [3.05, 3.63) is 35.9 Å². The van der Waals surface area contributed by atoms with Gasteiger partial charge in [-0.1, -0.05) is 44.2 Å². The van der Waals surface area contributed by atoms with E-state index in [4.69, 9.17) is 5.73 Å². The van der Waals surface area contributed by atoms with Crippen molar-refractivity contribution in [2.24, 2.45) is 5.73 Å². The minimum atomic E-state index is 0.114. The van der Waals surface area contributed by atoms with Crippen LogP contribution in [0, 0.1) is 0 Å². The molecule has 0 aliphatic heterocycles. The maximum Gasteiger partial charge on any atom is 0.0452 e. The number of nitrogens with zero attached hydrogens (tertiary/aromatic N) is 1. The monoisotopic (exact) mass is 220 g/mol. The highest BCUT2D eigenvalue weighted by Gasteiger charge is 2.20. The SMILES string of the molecule is CCCN(C)C(CC)C(N)c1ccccc1. The van der Waals surface area contributed by atoms with E-state index in [0.717, 1.165) is 13.0 Å². The van der Waals surface area contributed by atoms with Gasteiger partial charge in [0.2, 0.25) is 0 Å². The lowest BCUT2D eigenvalue weighted by Gasteiger charge is -2.32. The molecule has 2 heteroatoms. The summed E-state index contributed by atoms with van der Waals surface area (Å²) in [6.07, 6.45) is 2.26. The summed E-state index contributed by atoms with van der Waals surface area (Å²) in [6.45, 7) is 5.52. The molecule has 1 aromatic carbocycles. The summed E-state index contributed by atoms with van der Waals surface area (Å²) in [5, 5.41) is 0. The highest BCUT2D eigenvalue weighted by Crippen LogP contribution is 2.20. The molecular formula is C14H24N2. The molecule has 0 aliphatic rings. The number of nitrogens with two attached hydrogens (primary N) is 1. The second kappa shape index (κ2) is 6.66.